The molecule has 0 bridgehead atoms. The highest BCUT2D eigenvalue weighted by molar-refractivity contribution is 7.17. The first kappa shape index (κ1) is 24.0. The largest absolute Gasteiger partial charge is 0.460 e. The van der Waals surface area contributed by atoms with Gasteiger partial charge in [-0.2, -0.15) is 0 Å². The molecular weight excluding hydrogens is 450 g/mol. The molecule has 0 saturated carbocycles. The average molecular weight is 480 g/mol. The van der Waals surface area contributed by atoms with Crippen molar-refractivity contribution >= 4 is 39.4 Å². The maximum absolute atomic E-state index is 13.7. The van der Waals surface area contributed by atoms with Gasteiger partial charge in [0, 0.05) is 4.70 Å². The molecule has 2 heterocycles. The van der Waals surface area contributed by atoms with Gasteiger partial charge in [0.25, 0.3) is 0 Å². The Kier molecular flexibility index (Phi) is 7.03. The summed E-state index contributed by atoms with van der Waals surface area (Å²) in [6, 6.07) is 17.2. The van der Waals surface area contributed by atoms with Crippen LogP contribution in [0.3, 0.4) is 0 Å². The van der Waals surface area contributed by atoms with Crippen LogP contribution in [0.15, 0.2) is 60.0 Å². The van der Waals surface area contributed by atoms with Gasteiger partial charge >= 0.3 is 12.1 Å². The molecule has 6 nitrogen and oxygen atoms in total. The van der Waals surface area contributed by atoms with E-state index in [0.717, 1.165) is 21.2 Å². The third kappa shape index (κ3) is 5.65. The summed E-state index contributed by atoms with van der Waals surface area (Å²) in [6.07, 6.45) is 0.0700. The summed E-state index contributed by atoms with van der Waals surface area (Å²) in [7, 11) is 0. The van der Waals surface area contributed by atoms with Gasteiger partial charge in [0.1, 0.15) is 12.2 Å². The Labute approximate surface area is 203 Å². The lowest BCUT2D eigenvalue weighted by molar-refractivity contribution is -0.158. The SMILES string of the molecule is CC(C)(C)OC(=O)C[C@H](Cc1csc2ccccc12)C(=O)N1C(=O)OCC1Cc1ccccc1. The minimum Gasteiger partial charge on any atom is -0.460 e. The van der Waals surface area contributed by atoms with Gasteiger partial charge in [0.05, 0.1) is 18.4 Å². The first-order valence-corrected chi connectivity index (χ1v) is 12.3. The van der Waals surface area contributed by atoms with Crippen molar-refractivity contribution < 1.29 is 23.9 Å². The van der Waals surface area contributed by atoms with E-state index in [1.807, 2.05) is 60.0 Å². The van der Waals surface area contributed by atoms with Crippen LogP contribution in [-0.2, 0) is 31.9 Å². The van der Waals surface area contributed by atoms with E-state index in [1.54, 1.807) is 32.1 Å². The number of ether oxygens (including phenoxy) is 2. The van der Waals surface area contributed by atoms with Crippen molar-refractivity contribution in [2.45, 2.75) is 51.7 Å². The molecule has 4 rings (SSSR count). The van der Waals surface area contributed by atoms with Gasteiger partial charge in [-0.3, -0.25) is 9.59 Å². The maximum Gasteiger partial charge on any atom is 0.416 e. The van der Waals surface area contributed by atoms with E-state index in [0.29, 0.717) is 12.8 Å². The lowest BCUT2D eigenvalue weighted by atomic mass is 9.93. The molecule has 2 amide bonds. The highest BCUT2D eigenvalue weighted by atomic mass is 32.1. The number of carbonyl (C=O) groups excluding carboxylic acids is 3. The number of cyclic esters (lactones) is 1. The standard InChI is InChI=1S/C27H29NO5S/c1-27(2,3)33-24(29)15-19(14-20-17-34-23-12-8-7-11-22(20)23)25(30)28-21(16-32-26(28)31)13-18-9-5-4-6-10-18/h4-12,17,19,21H,13-16H2,1-3H3/t19-,21?/m0/s1. The normalized spacial score (nSPS) is 17.0. The fraction of sp³-hybridized carbons (Fsp3) is 0.370. The number of fused-ring (bicyclic) bond motifs is 1. The molecule has 0 aliphatic carbocycles. The molecule has 178 valence electrons. The molecule has 1 aliphatic rings. The molecule has 0 radical (unpaired) electrons. The quantitative estimate of drug-likeness (QED) is 0.425. The Morgan fingerprint density at radius 1 is 1.12 bits per heavy atom. The summed E-state index contributed by atoms with van der Waals surface area (Å²) in [6.45, 7) is 5.52. The highest BCUT2D eigenvalue weighted by Crippen LogP contribution is 2.30. The number of imide groups is 1. The number of esters is 1. The second-order valence-corrected chi connectivity index (χ2v) is 10.5. The summed E-state index contributed by atoms with van der Waals surface area (Å²) < 4.78 is 11.9. The fourth-order valence-corrected chi connectivity index (χ4v) is 5.23. The fourth-order valence-electron chi connectivity index (χ4n) is 4.25. The van der Waals surface area contributed by atoms with Crippen molar-refractivity contribution in [2.24, 2.45) is 5.92 Å². The molecule has 7 heteroatoms. The van der Waals surface area contributed by atoms with Crippen molar-refractivity contribution in [2.75, 3.05) is 6.61 Å². The zero-order chi connectivity index (χ0) is 24.3. The average Bonchev–Trinajstić information content (AvgIpc) is 3.35. The molecule has 2 atom stereocenters. The minimum atomic E-state index is -0.739. The van der Waals surface area contributed by atoms with Crippen molar-refractivity contribution in [3.8, 4) is 0 Å². The number of benzene rings is 2. The van der Waals surface area contributed by atoms with Crippen molar-refractivity contribution in [3.63, 3.8) is 0 Å². The smallest absolute Gasteiger partial charge is 0.416 e. The van der Waals surface area contributed by atoms with Crippen LogP contribution < -0.4 is 0 Å². The molecule has 1 aliphatic heterocycles. The van der Waals surface area contributed by atoms with Gasteiger partial charge in [-0.05, 0) is 61.6 Å². The maximum atomic E-state index is 13.7. The van der Waals surface area contributed by atoms with E-state index in [4.69, 9.17) is 9.47 Å². The zero-order valence-corrected chi connectivity index (χ0v) is 20.5. The van der Waals surface area contributed by atoms with Crippen molar-refractivity contribution in [1.29, 1.82) is 0 Å². The summed E-state index contributed by atoms with van der Waals surface area (Å²) in [5.74, 6) is -1.60. The number of rotatable bonds is 7. The van der Waals surface area contributed by atoms with Gasteiger partial charge in [0.2, 0.25) is 5.91 Å². The van der Waals surface area contributed by atoms with E-state index in [2.05, 4.69) is 0 Å². The number of carbonyl (C=O) groups is 3. The Morgan fingerprint density at radius 3 is 2.56 bits per heavy atom. The molecule has 1 aromatic heterocycles. The van der Waals surface area contributed by atoms with Crippen LogP contribution in [-0.4, -0.2) is 41.1 Å². The monoisotopic (exact) mass is 479 g/mol. The van der Waals surface area contributed by atoms with E-state index < -0.39 is 35.5 Å². The van der Waals surface area contributed by atoms with Crippen LogP contribution in [0.2, 0.25) is 0 Å². The van der Waals surface area contributed by atoms with Crippen LogP contribution in [0.5, 0.6) is 0 Å². The Bertz CT molecular complexity index is 1180. The lowest BCUT2D eigenvalue weighted by Gasteiger charge is -2.26. The Hall–Kier alpha value is -3.19. The first-order chi connectivity index (χ1) is 16.2. The number of hydrogen-bond donors (Lipinski definition) is 0. The van der Waals surface area contributed by atoms with E-state index >= 15 is 0 Å². The van der Waals surface area contributed by atoms with Gasteiger partial charge < -0.3 is 9.47 Å². The van der Waals surface area contributed by atoms with Crippen LogP contribution in [0, 0.1) is 5.92 Å². The molecule has 1 unspecified atom stereocenters. The second-order valence-electron chi connectivity index (χ2n) is 9.58. The van der Waals surface area contributed by atoms with Gasteiger partial charge in [-0.25, -0.2) is 9.69 Å². The van der Waals surface area contributed by atoms with Crippen molar-refractivity contribution in [3.05, 3.63) is 71.1 Å². The van der Waals surface area contributed by atoms with Gasteiger partial charge in [0.15, 0.2) is 0 Å². The van der Waals surface area contributed by atoms with Crippen LogP contribution >= 0.6 is 11.3 Å². The van der Waals surface area contributed by atoms with E-state index in [-0.39, 0.29) is 13.0 Å². The molecular formula is C27H29NO5S. The summed E-state index contributed by atoms with van der Waals surface area (Å²) in [5.41, 5.74) is 1.33. The summed E-state index contributed by atoms with van der Waals surface area (Å²) >= 11 is 1.60. The van der Waals surface area contributed by atoms with Crippen LogP contribution in [0.4, 0.5) is 4.79 Å². The van der Waals surface area contributed by atoms with Gasteiger partial charge in [-0.1, -0.05) is 48.5 Å². The number of thiophene rings is 1. The first-order valence-electron chi connectivity index (χ1n) is 11.4. The number of amides is 2. The lowest BCUT2D eigenvalue weighted by Crippen LogP contribution is -2.45. The molecule has 1 saturated heterocycles. The second kappa shape index (κ2) is 9.97. The third-order valence-electron chi connectivity index (χ3n) is 5.72. The van der Waals surface area contributed by atoms with Crippen molar-refractivity contribution in [1.82, 2.24) is 4.90 Å². The molecule has 3 aromatic rings. The third-order valence-corrected chi connectivity index (χ3v) is 6.73. The molecule has 0 N–H and O–H groups in total. The van der Waals surface area contributed by atoms with Crippen LogP contribution in [0.25, 0.3) is 10.1 Å². The number of hydrogen-bond acceptors (Lipinski definition) is 6. The number of nitrogens with zero attached hydrogens (tertiary/aromatic N) is 1. The van der Waals surface area contributed by atoms with Gasteiger partial charge in [-0.15, -0.1) is 11.3 Å². The molecule has 34 heavy (non-hydrogen) atoms. The topological polar surface area (TPSA) is 72.9 Å². The molecule has 2 aromatic carbocycles. The predicted octanol–water partition coefficient (Wildman–Crippen LogP) is 5.38. The Balaban J connectivity index is 1.60. The predicted molar refractivity (Wildman–Crippen MR) is 132 cm³/mol. The van der Waals surface area contributed by atoms with E-state index in [9.17, 15) is 14.4 Å². The summed E-state index contributed by atoms with van der Waals surface area (Å²) in [4.78, 5) is 40.3. The zero-order valence-electron chi connectivity index (χ0n) is 19.7. The minimum absolute atomic E-state index is 0.109. The van der Waals surface area contributed by atoms with Crippen LogP contribution in [0.1, 0.15) is 38.3 Å². The summed E-state index contributed by atoms with van der Waals surface area (Å²) in [5, 5.41) is 3.07. The van der Waals surface area contributed by atoms with E-state index in [1.165, 1.54) is 4.90 Å². The molecule has 1 fully saturated rings. The molecule has 0 spiro atoms. The highest BCUT2D eigenvalue weighted by Gasteiger charge is 2.41. The Morgan fingerprint density at radius 2 is 1.82 bits per heavy atom.